The molecule has 1 saturated carbocycles. The minimum Gasteiger partial charge on any atom is -0.337 e. The van der Waals surface area contributed by atoms with Crippen LogP contribution in [0.3, 0.4) is 0 Å². The lowest BCUT2D eigenvalue weighted by Crippen LogP contribution is -2.47. The molecule has 1 heterocycles. The predicted octanol–water partition coefficient (Wildman–Crippen LogP) is 3.49. The van der Waals surface area contributed by atoms with Gasteiger partial charge in [-0.3, -0.25) is 4.79 Å². The highest BCUT2D eigenvalue weighted by molar-refractivity contribution is 5.95. The summed E-state index contributed by atoms with van der Waals surface area (Å²) in [6, 6.07) is 6.33. The summed E-state index contributed by atoms with van der Waals surface area (Å²) in [6.07, 6.45) is 6.72. The van der Waals surface area contributed by atoms with E-state index in [0.29, 0.717) is 25.7 Å². The molecule has 2 fully saturated rings. The van der Waals surface area contributed by atoms with E-state index in [9.17, 15) is 9.59 Å². The Hall–Kier alpha value is -2.04. The Morgan fingerprint density at radius 2 is 1.62 bits per heavy atom. The third-order valence-corrected chi connectivity index (χ3v) is 5.62. The van der Waals surface area contributed by atoms with Crippen molar-refractivity contribution in [3.63, 3.8) is 0 Å². The SMILES string of the molecule is Cc1ccc(C(=O)N2CCCN(C(=O)NC3CCCCC3)CC2)c(C)c1. The fourth-order valence-corrected chi connectivity index (χ4v) is 4.06. The summed E-state index contributed by atoms with van der Waals surface area (Å²) in [6.45, 7) is 6.66. The summed E-state index contributed by atoms with van der Waals surface area (Å²) in [4.78, 5) is 29.2. The zero-order valence-corrected chi connectivity index (χ0v) is 16.1. The van der Waals surface area contributed by atoms with Crippen molar-refractivity contribution in [1.82, 2.24) is 15.1 Å². The first kappa shape index (κ1) is 18.7. The first-order valence-electron chi connectivity index (χ1n) is 9.96. The Morgan fingerprint density at radius 3 is 2.35 bits per heavy atom. The number of rotatable bonds is 2. The zero-order valence-electron chi connectivity index (χ0n) is 16.1. The number of carbonyl (C=O) groups is 2. The number of nitrogens with zero attached hydrogens (tertiary/aromatic N) is 2. The van der Waals surface area contributed by atoms with Crippen LogP contribution in [0.1, 0.15) is 60.0 Å². The van der Waals surface area contributed by atoms with Gasteiger partial charge in [0.25, 0.3) is 5.91 Å². The van der Waals surface area contributed by atoms with Gasteiger partial charge in [0.1, 0.15) is 0 Å². The van der Waals surface area contributed by atoms with Crippen LogP contribution in [0, 0.1) is 13.8 Å². The van der Waals surface area contributed by atoms with Crippen molar-refractivity contribution in [2.75, 3.05) is 26.2 Å². The van der Waals surface area contributed by atoms with Crippen molar-refractivity contribution in [1.29, 1.82) is 0 Å². The average molecular weight is 357 g/mol. The lowest BCUT2D eigenvalue weighted by atomic mass is 9.96. The molecular weight excluding hydrogens is 326 g/mol. The molecule has 1 aromatic rings. The van der Waals surface area contributed by atoms with Gasteiger partial charge in [0.15, 0.2) is 0 Å². The van der Waals surface area contributed by atoms with E-state index in [2.05, 4.69) is 11.4 Å². The topological polar surface area (TPSA) is 52.7 Å². The maximum Gasteiger partial charge on any atom is 0.317 e. The van der Waals surface area contributed by atoms with Gasteiger partial charge in [0.05, 0.1) is 0 Å². The molecule has 1 aliphatic heterocycles. The molecule has 1 saturated heterocycles. The highest BCUT2D eigenvalue weighted by Gasteiger charge is 2.25. The minimum absolute atomic E-state index is 0.0396. The first-order valence-corrected chi connectivity index (χ1v) is 9.96. The van der Waals surface area contributed by atoms with Crippen molar-refractivity contribution < 1.29 is 9.59 Å². The molecule has 142 valence electrons. The van der Waals surface area contributed by atoms with Gasteiger partial charge in [0, 0.05) is 37.8 Å². The number of hydrogen-bond acceptors (Lipinski definition) is 2. The molecule has 2 aliphatic rings. The number of aryl methyl sites for hydroxylation is 2. The van der Waals surface area contributed by atoms with Gasteiger partial charge >= 0.3 is 6.03 Å². The highest BCUT2D eigenvalue weighted by Crippen LogP contribution is 2.18. The summed E-state index contributed by atoms with van der Waals surface area (Å²) in [5.41, 5.74) is 2.96. The van der Waals surface area contributed by atoms with Gasteiger partial charge in [-0.2, -0.15) is 0 Å². The monoisotopic (exact) mass is 357 g/mol. The van der Waals surface area contributed by atoms with Crippen LogP contribution in [-0.2, 0) is 0 Å². The minimum atomic E-state index is 0.0396. The van der Waals surface area contributed by atoms with Crippen molar-refractivity contribution in [3.8, 4) is 0 Å². The van der Waals surface area contributed by atoms with Crippen LogP contribution in [0.2, 0.25) is 0 Å². The maximum absolute atomic E-state index is 12.9. The van der Waals surface area contributed by atoms with E-state index in [1.54, 1.807) is 0 Å². The third-order valence-electron chi connectivity index (χ3n) is 5.62. The second kappa shape index (κ2) is 8.56. The summed E-state index contributed by atoms with van der Waals surface area (Å²) in [5, 5.41) is 3.19. The zero-order chi connectivity index (χ0) is 18.5. The molecule has 0 spiro atoms. The molecule has 0 atom stereocenters. The van der Waals surface area contributed by atoms with Crippen molar-refractivity contribution >= 4 is 11.9 Å². The summed E-state index contributed by atoms with van der Waals surface area (Å²) in [7, 11) is 0. The molecule has 0 bridgehead atoms. The lowest BCUT2D eigenvalue weighted by molar-refractivity contribution is 0.0761. The van der Waals surface area contributed by atoms with Gasteiger partial charge in [-0.1, -0.05) is 37.0 Å². The summed E-state index contributed by atoms with van der Waals surface area (Å²) < 4.78 is 0. The maximum atomic E-state index is 12.9. The van der Waals surface area contributed by atoms with E-state index < -0.39 is 0 Å². The van der Waals surface area contributed by atoms with Gasteiger partial charge < -0.3 is 15.1 Å². The fourth-order valence-electron chi connectivity index (χ4n) is 4.06. The van der Waals surface area contributed by atoms with Crippen LogP contribution < -0.4 is 5.32 Å². The lowest BCUT2D eigenvalue weighted by Gasteiger charge is -2.27. The Kier molecular flexibility index (Phi) is 6.17. The molecule has 3 amide bonds. The van der Waals surface area contributed by atoms with Gasteiger partial charge in [-0.05, 0) is 44.7 Å². The van der Waals surface area contributed by atoms with Gasteiger partial charge in [-0.15, -0.1) is 0 Å². The standard InChI is InChI=1S/C21H31N3O2/c1-16-9-10-19(17(2)15-16)20(25)23-11-6-12-24(14-13-23)21(26)22-18-7-4-3-5-8-18/h9-10,15,18H,3-8,11-14H2,1-2H3,(H,22,26). The number of benzene rings is 1. The molecule has 0 unspecified atom stereocenters. The molecule has 0 radical (unpaired) electrons. The fraction of sp³-hybridized carbons (Fsp3) is 0.619. The van der Waals surface area contributed by atoms with E-state index in [-0.39, 0.29) is 11.9 Å². The molecule has 0 aromatic heterocycles. The van der Waals surface area contributed by atoms with Crippen molar-refractivity contribution in [2.45, 2.75) is 58.4 Å². The number of hydrogen-bond donors (Lipinski definition) is 1. The second-order valence-corrected chi connectivity index (χ2v) is 7.74. The highest BCUT2D eigenvalue weighted by atomic mass is 16.2. The Morgan fingerprint density at radius 1 is 0.923 bits per heavy atom. The molecular formula is C21H31N3O2. The van der Waals surface area contributed by atoms with Crippen LogP contribution in [0.25, 0.3) is 0 Å². The van der Waals surface area contributed by atoms with Crippen LogP contribution in [0.4, 0.5) is 4.79 Å². The summed E-state index contributed by atoms with van der Waals surface area (Å²) >= 11 is 0. The number of nitrogens with one attached hydrogen (secondary N) is 1. The third kappa shape index (κ3) is 4.57. The first-order chi connectivity index (χ1) is 12.5. The number of urea groups is 1. The van der Waals surface area contributed by atoms with E-state index in [1.165, 1.54) is 24.8 Å². The largest absolute Gasteiger partial charge is 0.337 e. The Bertz CT molecular complexity index is 653. The van der Waals surface area contributed by atoms with E-state index in [1.807, 2.05) is 35.8 Å². The van der Waals surface area contributed by atoms with E-state index >= 15 is 0 Å². The average Bonchev–Trinajstić information content (AvgIpc) is 2.88. The number of amides is 3. The smallest absolute Gasteiger partial charge is 0.317 e. The van der Waals surface area contributed by atoms with Crippen molar-refractivity contribution in [3.05, 3.63) is 34.9 Å². The van der Waals surface area contributed by atoms with Crippen LogP contribution in [0.15, 0.2) is 18.2 Å². The normalized spacial score (nSPS) is 19.2. The number of carbonyl (C=O) groups excluding carboxylic acids is 2. The molecule has 26 heavy (non-hydrogen) atoms. The molecule has 1 aromatic carbocycles. The van der Waals surface area contributed by atoms with Gasteiger partial charge in [0.2, 0.25) is 0 Å². The van der Waals surface area contributed by atoms with Crippen LogP contribution >= 0.6 is 0 Å². The molecule has 1 aliphatic carbocycles. The Balaban J connectivity index is 1.57. The molecule has 5 nitrogen and oxygen atoms in total. The molecule has 5 heteroatoms. The van der Waals surface area contributed by atoms with Crippen molar-refractivity contribution in [2.24, 2.45) is 0 Å². The summed E-state index contributed by atoms with van der Waals surface area (Å²) in [5.74, 6) is 0.0806. The molecule has 3 rings (SSSR count). The van der Waals surface area contributed by atoms with Crippen LogP contribution in [0.5, 0.6) is 0 Å². The van der Waals surface area contributed by atoms with E-state index in [4.69, 9.17) is 0 Å². The quantitative estimate of drug-likeness (QED) is 0.881. The predicted molar refractivity (Wildman–Crippen MR) is 103 cm³/mol. The van der Waals surface area contributed by atoms with E-state index in [0.717, 1.165) is 36.9 Å². The molecule has 1 N–H and O–H groups in total. The van der Waals surface area contributed by atoms with Crippen LogP contribution in [-0.4, -0.2) is 54.0 Å². The Labute approximate surface area is 156 Å². The second-order valence-electron chi connectivity index (χ2n) is 7.74. The van der Waals surface area contributed by atoms with Gasteiger partial charge in [-0.25, -0.2) is 4.79 Å².